The molecule has 12 heteroatoms. The number of hydrogen-bond donors (Lipinski definition) is 2. The summed E-state index contributed by atoms with van der Waals surface area (Å²) in [4.78, 5) is 44.6. The van der Waals surface area contributed by atoms with Crippen LogP contribution in [0.2, 0.25) is 0 Å². The lowest BCUT2D eigenvalue weighted by Gasteiger charge is -2.03. The molecule has 25 heavy (non-hydrogen) atoms. The molecule has 1 unspecified atom stereocenters. The molecule has 2 heterocycles. The van der Waals surface area contributed by atoms with Crippen LogP contribution >= 0.6 is 23.1 Å². The molecule has 1 fully saturated rings. The Morgan fingerprint density at radius 3 is 2.60 bits per heavy atom. The van der Waals surface area contributed by atoms with Gasteiger partial charge in [0.25, 0.3) is 10.9 Å². The lowest BCUT2D eigenvalue weighted by Crippen LogP contribution is -2.27. The third-order valence-corrected chi connectivity index (χ3v) is 5.00. The molecule has 0 saturated carbocycles. The minimum absolute atomic E-state index is 0.0383. The van der Waals surface area contributed by atoms with Crippen LogP contribution in [0, 0.1) is 10.1 Å². The summed E-state index contributed by atoms with van der Waals surface area (Å²) in [6, 6.07) is 5.77. The van der Waals surface area contributed by atoms with E-state index in [2.05, 4.69) is 20.8 Å². The predicted octanol–water partition coefficient (Wildman–Crippen LogP) is 1.79. The highest BCUT2D eigenvalue weighted by Gasteiger charge is 2.33. The Labute approximate surface area is 148 Å². The van der Waals surface area contributed by atoms with Crippen LogP contribution in [0.15, 0.2) is 24.3 Å². The van der Waals surface area contributed by atoms with Crippen molar-refractivity contribution in [1.82, 2.24) is 15.5 Å². The summed E-state index contributed by atoms with van der Waals surface area (Å²) in [6.45, 7) is 0. The van der Waals surface area contributed by atoms with Crippen molar-refractivity contribution in [3.05, 3.63) is 34.4 Å². The fourth-order valence-electron chi connectivity index (χ4n) is 1.98. The van der Waals surface area contributed by atoms with E-state index in [4.69, 9.17) is 0 Å². The van der Waals surface area contributed by atoms with Gasteiger partial charge in [-0.05, 0) is 12.1 Å². The molecule has 2 aromatic rings. The molecule has 1 saturated heterocycles. The van der Waals surface area contributed by atoms with Crippen LogP contribution in [0.25, 0.3) is 10.6 Å². The highest BCUT2D eigenvalue weighted by molar-refractivity contribution is 8.15. The molecule has 1 atom stereocenters. The van der Waals surface area contributed by atoms with Gasteiger partial charge < -0.3 is 5.32 Å². The van der Waals surface area contributed by atoms with Gasteiger partial charge in [-0.15, -0.1) is 10.2 Å². The van der Waals surface area contributed by atoms with Crippen molar-refractivity contribution in [1.29, 1.82) is 0 Å². The molecule has 1 aliphatic heterocycles. The van der Waals surface area contributed by atoms with E-state index >= 15 is 0 Å². The summed E-state index contributed by atoms with van der Waals surface area (Å²) in [6.07, 6.45) is -0.158. The second kappa shape index (κ2) is 6.94. The van der Waals surface area contributed by atoms with Gasteiger partial charge in [-0.25, -0.2) is 0 Å². The normalized spacial score (nSPS) is 16.6. The van der Waals surface area contributed by atoms with Gasteiger partial charge in [-0.3, -0.25) is 29.8 Å². The molecule has 128 valence electrons. The van der Waals surface area contributed by atoms with E-state index in [1.807, 2.05) is 0 Å². The van der Waals surface area contributed by atoms with Crippen molar-refractivity contribution >= 4 is 51.0 Å². The average Bonchev–Trinajstić information content (AvgIpc) is 3.14. The Balaban J connectivity index is 1.63. The van der Waals surface area contributed by atoms with Gasteiger partial charge in [0.1, 0.15) is 10.3 Å². The van der Waals surface area contributed by atoms with Crippen LogP contribution in [-0.2, 0) is 9.59 Å². The molecule has 3 amide bonds. The molecule has 1 aliphatic rings. The van der Waals surface area contributed by atoms with Crippen molar-refractivity contribution in [2.75, 3.05) is 5.32 Å². The molecule has 0 spiro atoms. The van der Waals surface area contributed by atoms with Crippen LogP contribution in [-0.4, -0.2) is 37.4 Å². The number of hydrogen-bond acceptors (Lipinski definition) is 9. The van der Waals surface area contributed by atoms with Gasteiger partial charge in [0.15, 0.2) is 0 Å². The monoisotopic (exact) mass is 379 g/mol. The van der Waals surface area contributed by atoms with Crippen LogP contribution in [0.4, 0.5) is 15.6 Å². The van der Waals surface area contributed by atoms with Crippen LogP contribution < -0.4 is 10.6 Å². The summed E-state index contributed by atoms with van der Waals surface area (Å²) in [5.74, 6) is -0.956. The highest BCUT2D eigenvalue weighted by Crippen LogP contribution is 2.28. The predicted molar refractivity (Wildman–Crippen MR) is 90.2 cm³/mol. The van der Waals surface area contributed by atoms with Crippen LogP contribution in [0.3, 0.4) is 0 Å². The summed E-state index contributed by atoms with van der Waals surface area (Å²) < 4.78 is 0. The third kappa shape index (κ3) is 3.97. The fourth-order valence-corrected chi connectivity index (χ4v) is 3.57. The van der Waals surface area contributed by atoms with E-state index < -0.39 is 27.2 Å². The minimum atomic E-state index is -0.755. The number of imide groups is 1. The van der Waals surface area contributed by atoms with Gasteiger partial charge in [0.05, 0.1) is 4.92 Å². The average molecular weight is 379 g/mol. The van der Waals surface area contributed by atoms with Crippen LogP contribution in [0.1, 0.15) is 6.42 Å². The molecule has 1 aromatic carbocycles. The first-order valence-corrected chi connectivity index (χ1v) is 8.51. The number of thioether (sulfide) groups is 1. The number of non-ortho nitro benzene ring substituents is 1. The summed E-state index contributed by atoms with van der Waals surface area (Å²) in [5.41, 5.74) is 0.587. The van der Waals surface area contributed by atoms with Gasteiger partial charge >= 0.3 is 0 Å². The molecular formula is C13H9N5O5S2. The largest absolute Gasteiger partial charge is 0.300 e. The van der Waals surface area contributed by atoms with Gasteiger partial charge in [0.2, 0.25) is 16.9 Å². The first-order valence-electron chi connectivity index (χ1n) is 6.82. The molecule has 0 radical (unpaired) electrons. The first-order chi connectivity index (χ1) is 11.9. The highest BCUT2D eigenvalue weighted by atomic mass is 32.2. The summed E-state index contributed by atoms with van der Waals surface area (Å²) in [5, 5.41) is 22.5. The topological polar surface area (TPSA) is 144 Å². The van der Waals surface area contributed by atoms with Crippen LogP contribution in [0.5, 0.6) is 0 Å². The summed E-state index contributed by atoms with van der Waals surface area (Å²) >= 11 is 1.86. The Hall–Kier alpha value is -2.86. The van der Waals surface area contributed by atoms with E-state index in [0.29, 0.717) is 10.6 Å². The zero-order chi connectivity index (χ0) is 18.0. The third-order valence-electron chi connectivity index (χ3n) is 3.13. The fraction of sp³-hybridized carbons (Fsp3) is 0.154. The second-order valence-corrected chi connectivity index (χ2v) is 7.00. The lowest BCUT2D eigenvalue weighted by atomic mass is 10.2. The Morgan fingerprint density at radius 2 is 2.00 bits per heavy atom. The van der Waals surface area contributed by atoms with E-state index in [9.17, 15) is 24.5 Å². The Bertz CT molecular complexity index is 866. The number of nitro groups is 1. The number of nitrogens with zero attached hydrogens (tertiary/aromatic N) is 3. The summed E-state index contributed by atoms with van der Waals surface area (Å²) in [7, 11) is 0. The lowest BCUT2D eigenvalue weighted by molar-refractivity contribution is -0.384. The SMILES string of the molecule is O=C(CC1SC(=O)NC1=O)Nc1nnc(-c2ccc([N+](=O)[O-])cc2)s1. The number of aromatic nitrogens is 2. The van der Waals surface area contributed by atoms with Crippen molar-refractivity contribution in [2.45, 2.75) is 11.7 Å². The second-order valence-electron chi connectivity index (χ2n) is 4.85. The number of rotatable bonds is 5. The van der Waals surface area contributed by atoms with E-state index in [1.54, 1.807) is 0 Å². The van der Waals surface area contributed by atoms with Gasteiger partial charge in [0, 0.05) is 24.1 Å². The zero-order valence-corrected chi connectivity index (χ0v) is 13.9. The van der Waals surface area contributed by atoms with Gasteiger partial charge in [-0.1, -0.05) is 23.1 Å². The standard InChI is InChI=1S/C13H9N5O5S2/c19-9(5-8-10(20)15-13(21)24-8)14-12-17-16-11(25-12)6-1-3-7(4-2-6)18(22)23/h1-4,8H,5H2,(H,14,17,19)(H,15,20,21). The zero-order valence-electron chi connectivity index (χ0n) is 12.3. The first kappa shape index (κ1) is 17.0. The van der Waals surface area contributed by atoms with Crippen molar-refractivity contribution in [3.8, 4) is 10.6 Å². The van der Waals surface area contributed by atoms with E-state index in [1.165, 1.54) is 24.3 Å². The number of nitrogens with one attached hydrogen (secondary N) is 2. The molecule has 1 aromatic heterocycles. The number of amides is 3. The number of carbonyl (C=O) groups excluding carboxylic acids is 3. The molecule has 0 bridgehead atoms. The van der Waals surface area contributed by atoms with Crippen molar-refractivity contribution in [2.24, 2.45) is 0 Å². The molecule has 10 nitrogen and oxygen atoms in total. The minimum Gasteiger partial charge on any atom is -0.300 e. The molecule has 0 aliphatic carbocycles. The maximum atomic E-state index is 11.9. The van der Waals surface area contributed by atoms with Gasteiger partial charge in [-0.2, -0.15) is 0 Å². The van der Waals surface area contributed by atoms with E-state index in [0.717, 1.165) is 23.1 Å². The smallest absolute Gasteiger partial charge is 0.286 e. The quantitative estimate of drug-likeness (QED) is 0.591. The number of benzene rings is 1. The Morgan fingerprint density at radius 1 is 1.28 bits per heavy atom. The Kier molecular flexibility index (Phi) is 4.72. The molecule has 3 rings (SSSR count). The molecule has 2 N–H and O–H groups in total. The molecular weight excluding hydrogens is 370 g/mol. The van der Waals surface area contributed by atoms with E-state index in [-0.39, 0.29) is 17.2 Å². The number of anilines is 1. The number of carbonyl (C=O) groups is 3. The maximum Gasteiger partial charge on any atom is 0.286 e. The van der Waals surface area contributed by atoms with Crippen molar-refractivity contribution < 1.29 is 19.3 Å². The number of nitro benzene ring substituents is 1. The van der Waals surface area contributed by atoms with Crippen molar-refractivity contribution in [3.63, 3.8) is 0 Å². The maximum absolute atomic E-state index is 11.9.